The number of nitrogens with one attached hydrogen (secondary N) is 1. The third kappa shape index (κ3) is 4.48. The van der Waals surface area contributed by atoms with Crippen LogP contribution in [-0.2, 0) is 16.1 Å². The summed E-state index contributed by atoms with van der Waals surface area (Å²) in [5, 5.41) is 17.8. The Balaban J connectivity index is 1.70. The molecule has 0 aromatic carbocycles. The fraction of sp³-hybridized carbons (Fsp3) is 0.500. The van der Waals surface area contributed by atoms with Gasteiger partial charge in [-0.05, 0) is 31.3 Å². The molecule has 4 rings (SSSR count). The van der Waals surface area contributed by atoms with Crippen molar-refractivity contribution in [3.63, 3.8) is 0 Å². The van der Waals surface area contributed by atoms with Gasteiger partial charge in [0.25, 0.3) is 11.5 Å². The van der Waals surface area contributed by atoms with Gasteiger partial charge in [-0.25, -0.2) is 0 Å². The summed E-state index contributed by atoms with van der Waals surface area (Å²) in [7, 11) is 0. The van der Waals surface area contributed by atoms with Crippen molar-refractivity contribution in [2.24, 2.45) is 17.6 Å². The Morgan fingerprint density at radius 3 is 2.64 bits per heavy atom. The van der Waals surface area contributed by atoms with Crippen LogP contribution >= 0.6 is 0 Å². The molecule has 1 atom stereocenters. The van der Waals surface area contributed by atoms with Crippen LogP contribution < -0.4 is 16.6 Å². The maximum absolute atomic E-state index is 13.0. The van der Waals surface area contributed by atoms with E-state index in [1.54, 1.807) is 0 Å². The van der Waals surface area contributed by atoms with Crippen molar-refractivity contribution >= 4 is 29.4 Å². The average Bonchev–Trinajstić information content (AvgIpc) is 3.26. The summed E-state index contributed by atoms with van der Waals surface area (Å²) >= 11 is 0. The lowest BCUT2D eigenvalue weighted by atomic mass is 10.1. The first-order valence-corrected chi connectivity index (χ1v) is 11.1. The molecule has 1 saturated heterocycles. The van der Waals surface area contributed by atoms with E-state index in [0.29, 0.717) is 25.1 Å². The van der Waals surface area contributed by atoms with Gasteiger partial charge in [0.15, 0.2) is 5.56 Å². The van der Waals surface area contributed by atoms with Gasteiger partial charge in [0.05, 0.1) is 12.1 Å². The Morgan fingerprint density at radius 1 is 1.30 bits per heavy atom. The van der Waals surface area contributed by atoms with Crippen molar-refractivity contribution in [2.75, 3.05) is 13.1 Å². The second-order valence-electron chi connectivity index (χ2n) is 9.10. The van der Waals surface area contributed by atoms with Crippen LogP contribution in [0.15, 0.2) is 17.1 Å². The van der Waals surface area contributed by atoms with Crippen molar-refractivity contribution in [3.05, 3.63) is 33.8 Å². The lowest BCUT2D eigenvalue weighted by Gasteiger charge is -2.17. The SMILES string of the molecule is CC(C)Cn1c(O)c(C(=O)NC2CC2)c(=O)n2ncc(C=CC(=O)N3CCC(C(N)=O)C3)c12. The van der Waals surface area contributed by atoms with Crippen LogP contribution in [0.25, 0.3) is 11.7 Å². The van der Waals surface area contributed by atoms with Crippen LogP contribution in [0.5, 0.6) is 5.88 Å². The molecule has 11 heteroatoms. The van der Waals surface area contributed by atoms with Crippen LogP contribution in [0.4, 0.5) is 0 Å². The van der Waals surface area contributed by atoms with Crippen LogP contribution in [0.1, 0.15) is 49.0 Å². The zero-order chi connectivity index (χ0) is 23.9. The van der Waals surface area contributed by atoms with Crippen LogP contribution in [0.2, 0.25) is 0 Å². The van der Waals surface area contributed by atoms with Crippen molar-refractivity contribution < 1.29 is 19.5 Å². The fourth-order valence-corrected chi connectivity index (χ4v) is 4.01. The molecule has 3 amide bonds. The minimum Gasteiger partial charge on any atom is -0.494 e. The van der Waals surface area contributed by atoms with E-state index in [1.807, 2.05) is 13.8 Å². The number of aromatic nitrogens is 3. The zero-order valence-electron chi connectivity index (χ0n) is 18.7. The Morgan fingerprint density at radius 2 is 2.03 bits per heavy atom. The van der Waals surface area contributed by atoms with Crippen LogP contribution in [0, 0.1) is 11.8 Å². The molecule has 33 heavy (non-hydrogen) atoms. The summed E-state index contributed by atoms with van der Waals surface area (Å²) in [6.07, 6.45) is 6.49. The minimum absolute atomic E-state index is 0.0208. The number of likely N-dealkylation sites (tertiary alicyclic amines) is 1. The molecular weight excluding hydrogens is 428 g/mol. The van der Waals surface area contributed by atoms with E-state index in [0.717, 1.165) is 17.4 Å². The summed E-state index contributed by atoms with van der Waals surface area (Å²) in [6.45, 7) is 4.91. The second kappa shape index (κ2) is 8.72. The molecule has 0 radical (unpaired) electrons. The van der Waals surface area contributed by atoms with E-state index in [-0.39, 0.29) is 41.5 Å². The van der Waals surface area contributed by atoms with Gasteiger partial charge in [0.2, 0.25) is 17.7 Å². The van der Waals surface area contributed by atoms with E-state index in [9.17, 15) is 24.3 Å². The number of hydrogen-bond acceptors (Lipinski definition) is 6. The normalized spacial score (nSPS) is 18.5. The molecule has 2 aromatic rings. The second-order valence-corrected chi connectivity index (χ2v) is 9.10. The molecule has 2 aliphatic rings. The number of carbonyl (C=O) groups excluding carboxylic acids is 3. The highest BCUT2D eigenvalue weighted by atomic mass is 16.3. The molecule has 176 valence electrons. The number of hydrogen-bond donors (Lipinski definition) is 3. The van der Waals surface area contributed by atoms with Crippen LogP contribution in [-0.4, -0.2) is 61.0 Å². The molecule has 2 aromatic heterocycles. The summed E-state index contributed by atoms with van der Waals surface area (Å²) in [4.78, 5) is 51.1. The highest BCUT2D eigenvalue weighted by Crippen LogP contribution is 2.25. The van der Waals surface area contributed by atoms with E-state index in [4.69, 9.17) is 5.73 Å². The number of amides is 3. The predicted octanol–water partition coefficient (Wildman–Crippen LogP) is 0.0968. The number of aromatic hydroxyl groups is 1. The van der Waals surface area contributed by atoms with Gasteiger partial charge in [-0.3, -0.25) is 23.7 Å². The van der Waals surface area contributed by atoms with Gasteiger partial charge < -0.3 is 21.1 Å². The smallest absolute Gasteiger partial charge is 0.291 e. The molecule has 2 fully saturated rings. The van der Waals surface area contributed by atoms with Gasteiger partial charge in [-0.15, -0.1) is 0 Å². The first-order chi connectivity index (χ1) is 15.7. The van der Waals surface area contributed by atoms with Gasteiger partial charge in [-0.1, -0.05) is 13.8 Å². The van der Waals surface area contributed by atoms with Crippen molar-refractivity contribution in [1.82, 2.24) is 24.4 Å². The molecule has 11 nitrogen and oxygen atoms in total. The first-order valence-electron chi connectivity index (χ1n) is 11.1. The molecule has 0 bridgehead atoms. The van der Waals surface area contributed by atoms with Crippen molar-refractivity contribution in [2.45, 2.75) is 45.7 Å². The highest BCUT2D eigenvalue weighted by molar-refractivity contribution is 5.97. The first kappa shape index (κ1) is 22.6. The molecule has 3 heterocycles. The monoisotopic (exact) mass is 456 g/mol. The van der Waals surface area contributed by atoms with Gasteiger partial charge >= 0.3 is 0 Å². The lowest BCUT2D eigenvalue weighted by Crippen LogP contribution is -2.34. The maximum atomic E-state index is 13.0. The van der Waals surface area contributed by atoms with Crippen molar-refractivity contribution in [3.8, 4) is 5.88 Å². The zero-order valence-corrected chi connectivity index (χ0v) is 18.7. The fourth-order valence-electron chi connectivity index (χ4n) is 4.01. The molecule has 1 saturated carbocycles. The predicted molar refractivity (Wildman–Crippen MR) is 119 cm³/mol. The molecule has 1 aliphatic carbocycles. The lowest BCUT2D eigenvalue weighted by molar-refractivity contribution is -0.125. The summed E-state index contributed by atoms with van der Waals surface area (Å²) < 4.78 is 2.55. The number of fused-ring (bicyclic) bond motifs is 1. The van der Waals surface area contributed by atoms with Gasteiger partial charge in [-0.2, -0.15) is 9.61 Å². The molecular formula is C22H28N6O5. The third-order valence-electron chi connectivity index (χ3n) is 5.91. The average molecular weight is 457 g/mol. The van der Waals surface area contributed by atoms with E-state index >= 15 is 0 Å². The molecule has 1 unspecified atom stereocenters. The Bertz CT molecular complexity index is 1210. The van der Waals surface area contributed by atoms with Crippen molar-refractivity contribution in [1.29, 1.82) is 0 Å². The summed E-state index contributed by atoms with van der Waals surface area (Å²) in [5.74, 6) is -2.03. The van der Waals surface area contributed by atoms with E-state index in [1.165, 1.54) is 27.8 Å². The third-order valence-corrected chi connectivity index (χ3v) is 5.91. The Hall–Kier alpha value is -3.63. The number of nitrogens with zero attached hydrogens (tertiary/aromatic N) is 4. The Labute approximate surface area is 189 Å². The van der Waals surface area contributed by atoms with E-state index in [2.05, 4.69) is 10.4 Å². The standard InChI is InChI=1S/C22H28N6O5/c1-12(2)10-27-20-13(3-6-16(29)26-8-7-14(11-26)18(23)30)9-24-28(20)22(33)17(21(27)32)19(31)25-15-4-5-15/h3,6,9,12,14-15,32H,4-5,7-8,10-11H2,1-2H3,(H2,23,30)(H,25,31). The largest absolute Gasteiger partial charge is 0.494 e. The molecule has 1 aliphatic heterocycles. The van der Waals surface area contributed by atoms with Gasteiger partial charge in [0, 0.05) is 37.3 Å². The number of nitrogens with two attached hydrogens (primary N) is 1. The van der Waals surface area contributed by atoms with E-state index < -0.39 is 23.3 Å². The quantitative estimate of drug-likeness (QED) is 0.503. The molecule has 4 N–H and O–H groups in total. The Kier molecular flexibility index (Phi) is 5.96. The topological polar surface area (TPSA) is 152 Å². The highest BCUT2D eigenvalue weighted by Gasteiger charge is 2.30. The summed E-state index contributed by atoms with van der Waals surface area (Å²) in [5.41, 5.74) is 4.98. The summed E-state index contributed by atoms with van der Waals surface area (Å²) in [6, 6.07) is 0.0208. The number of rotatable bonds is 7. The maximum Gasteiger partial charge on any atom is 0.291 e. The number of primary amides is 1. The molecule has 0 spiro atoms. The minimum atomic E-state index is -0.726. The van der Waals surface area contributed by atoms with Crippen LogP contribution in [0.3, 0.4) is 0 Å². The van der Waals surface area contributed by atoms with Gasteiger partial charge in [0.1, 0.15) is 5.65 Å². The number of carbonyl (C=O) groups is 3.